The Kier molecular flexibility index (Phi) is 8.79. The minimum Gasteiger partial charge on any atom is -0.545 e. The van der Waals surface area contributed by atoms with Gasteiger partial charge in [-0.15, -0.1) is 0 Å². The molecule has 0 unspecified atom stereocenters. The van der Waals surface area contributed by atoms with Gasteiger partial charge in [0.25, 0.3) is 0 Å². The number of nitrogens with one attached hydrogen (secondary N) is 1. The Morgan fingerprint density at radius 1 is 1.05 bits per heavy atom. The number of hydrazine groups is 1. The zero-order valence-corrected chi connectivity index (χ0v) is 16.0. The van der Waals surface area contributed by atoms with Crippen molar-refractivity contribution in [2.75, 3.05) is 49.2 Å². The third-order valence-corrected chi connectivity index (χ3v) is 5.31. The van der Waals surface area contributed by atoms with E-state index in [4.69, 9.17) is 5.84 Å². The Bertz CT molecular complexity index is 281. The summed E-state index contributed by atoms with van der Waals surface area (Å²) in [5.41, 5.74) is 2.53. The SMILES string of the molecule is NNC(C(=O)[O-])(N1CCSCC1)N1CCSCC1.[K+]. The van der Waals surface area contributed by atoms with Crippen LogP contribution >= 0.6 is 23.5 Å². The Labute approximate surface area is 165 Å². The van der Waals surface area contributed by atoms with Crippen molar-refractivity contribution in [3.63, 3.8) is 0 Å². The zero-order valence-electron chi connectivity index (χ0n) is 11.3. The molecule has 2 fully saturated rings. The van der Waals surface area contributed by atoms with Crippen LogP contribution in [0.2, 0.25) is 0 Å². The summed E-state index contributed by atoms with van der Waals surface area (Å²) in [4.78, 5) is 15.5. The van der Waals surface area contributed by atoms with Gasteiger partial charge in [-0.05, 0) is 0 Å². The van der Waals surface area contributed by atoms with E-state index in [-0.39, 0.29) is 51.4 Å². The second-order valence-electron chi connectivity index (χ2n) is 4.30. The first-order valence-electron chi connectivity index (χ1n) is 6.06. The van der Waals surface area contributed by atoms with Crippen LogP contribution in [0.15, 0.2) is 0 Å². The molecule has 0 amide bonds. The van der Waals surface area contributed by atoms with Crippen molar-refractivity contribution in [3.8, 4) is 0 Å². The monoisotopic (exact) mass is 330 g/mol. The van der Waals surface area contributed by atoms with Crippen LogP contribution < -0.4 is 67.8 Å². The largest absolute Gasteiger partial charge is 1.00 e. The van der Waals surface area contributed by atoms with E-state index in [1.807, 2.05) is 33.3 Å². The average molecular weight is 331 g/mol. The predicted molar refractivity (Wildman–Crippen MR) is 72.9 cm³/mol. The average Bonchev–Trinajstić information content (AvgIpc) is 2.42. The van der Waals surface area contributed by atoms with Gasteiger partial charge in [-0.3, -0.25) is 15.6 Å². The fraction of sp³-hybridized carbons (Fsp3) is 0.900. The van der Waals surface area contributed by atoms with Crippen molar-refractivity contribution >= 4 is 29.5 Å². The van der Waals surface area contributed by atoms with Gasteiger partial charge in [0, 0.05) is 49.2 Å². The Morgan fingerprint density at radius 2 is 1.42 bits per heavy atom. The summed E-state index contributed by atoms with van der Waals surface area (Å²) in [5, 5.41) is 11.7. The van der Waals surface area contributed by atoms with Gasteiger partial charge in [0.05, 0.1) is 5.97 Å². The van der Waals surface area contributed by atoms with E-state index in [9.17, 15) is 9.90 Å². The fourth-order valence-corrected chi connectivity index (χ4v) is 4.28. The molecule has 3 N–H and O–H groups in total. The van der Waals surface area contributed by atoms with Crippen LogP contribution in [0, 0.1) is 0 Å². The Hall–Kier alpha value is 1.65. The van der Waals surface area contributed by atoms with Crippen LogP contribution in [-0.2, 0) is 4.79 Å². The molecule has 19 heavy (non-hydrogen) atoms. The van der Waals surface area contributed by atoms with Crippen molar-refractivity contribution < 1.29 is 61.3 Å². The zero-order chi connectivity index (χ0) is 13.0. The van der Waals surface area contributed by atoms with Gasteiger partial charge in [-0.1, -0.05) is 0 Å². The number of nitrogens with zero attached hydrogens (tertiary/aromatic N) is 2. The van der Waals surface area contributed by atoms with Gasteiger partial charge in [0.15, 0.2) is 5.79 Å². The molecule has 0 aromatic rings. The molecule has 104 valence electrons. The van der Waals surface area contributed by atoms with Crippen LogP contribution in [0.3, 0.4) is 0 Å². The van der Waals surface area contributed by atoms with E-state index in [1.54, 1.807) is 0 Å². The molecule has 0 spiro atoms. The number of carbonyl (C=O) groups excluding carboxylic acids is 1. The topological polar surface area (TPSA) is 84.7 Å². The maximum Gasteiger partial charge on any atom is 1.00 e. The predicted octanol–water partition coefficient (Wildman–Crippen LogP) is -5.04. The molecule has 0 saturated carbocycles. The molecular weight excluding hydrogens is 311 g/mol. The van der Waals surface area contributed by atoms with E-state index < -0.39 is 11.8 Å². The van der Waals surface area contributed by atoms with E-state index in [0.29, 0.717) is 26.2 Å². The van der Waals surface area contributed by atoms with E-state index in [0.717, 1.165) is 23.0 Å². The third kappa shape index (κ3) is 4.10. The maximum absolute atomic E-state index is 11.7. The molecule has 0 radical (unpaired) electrons. The summed E-state index contributed by atoms with van der Waals surface area (Å²) in [5.74, 6) is 6.83. The molecule has 0 bridgehead atoms. The summed E-state index contributed by atoms with van der Waals surface area (Å²) < 4.78 is 0. The Morgan fingerprint density at radius 3 is 1.68 bits per heavy atom. The number of aliphatic carboxylic acids is 1. The van der Waals surface area contributed by atoms with Crippen LogP contribution in [0.4, 0.5) is 0 Å². The van der Waals surface area contributed by atoms with Gasteiger partial charge in [-0.25, -0.2) is 5.43 Å². The smallest absolute Gasteiger partial charge is 0.545 e. The summed E-state index contributed by atoms with van der Waals surface area (Å²) in [6.07, 6.45) is 0. The molecule has 9 heteroatoms. The van der Waals surface area contributed by atoms with Gasteiger partial charge in [0.1, 0.15) is 0 Å². The molecule has 2 saturated heterocycles. The quantitative estimate of drug-likeness (QED) is 0.301. The van der Waals surface area contributed by atoms with Gasteiger partial charge >= 0.3 is 51.4 Å². The van der Waals surface area contributed by atoms with Crippen LogP contribution in [0.5, 0.6) is 0 Å². The molecule has 0 aromatic carbocycles. The summed E-state index contributed by atoms with van der Waals surface area (Å²) in [7, 11) is 0. The fourth-order valence-electron chi connectivity index (χ4n) is 2.47. The molecule has 0 atom stereocenters. The first-order chi connectivity index (χ1) is 8.71. The number of carboxylic acid groups (broad SMARTS) is 1. The van der Waals surface area contributed by atoms with E-state index in [1.165, 1.54) is 0 Å². The van der Waals surface area contributed by atoms with Gasteiger partial charge in [-0.2, -0.15) is 23.5 Å². The first kappa shape index (κ1) is 18.7. The standard InChI is InChI=1S/C10H20N4O2S2.K/c11-12-10(9(15)16,13-1-5-17-6-2-13)14-3-7-18-8-4-14;/h12H,1-8,11H2,(H,15,16);/q;+1/p-1. The van der Waals surface area contributed by atoms with Crippen LogP contribution in [0.25, 0.3) is 0 Å². The summed E-state index contributed by atoms with van der Waals surface area (Å²) in [6.45, 7) is 2.86. The first-order valence-corrected chi connectivity index (χ1v) is 8.37. The minimum atomic E-state index is -1.35. The normalized spacial score (nSPS) is 22.8. The number of hydrogen-bond acceptors (Lipinski definition) is 8. The van der Waals surface area contributed by atoms with Crippen molar-refractivity contribution in [1.82, 2.24) is 15.2 Å². The molecule has 0 aliphatic carbocycles. The third-order valence-electron chi connectivity index (χ3n) is 3.42. The number of carboxylic acids is 1. The molecule has 2 aliphatic rings. The van der Waals surface area contributed by atoms with Crippen molar-refractivity contribution in [2.24, 2.45) is 5.84 Å². The van der Waals surface area contributed by atoms with Crippen molar-refractivity contribution in [3.05, 3.63) is 0 Å². The number of rotatable bonds is 4. The summed E-state index contributed by atoms with van der Waals surface area (Å²) in [6, 6.07) is 0. The molecule has 2 rings (SSSR count). The van der Waals surface area contributed by atoms with Gasteiger partial charge in [0.2, 0.25) is 0 Å². The molecule has 6 nitrogen and oxygen atoms in total. The number of hydrogen-bond donors (Lipinski definition) is 2. The molecule has 2 aliphatic heterocycles. The second kappa shape index (κ2) is 8.94. The number of thioether (sulfide) groups is 2. The van der Waals surface area contributed by atoms with Crippen molar-refractivity contribution in [1.29, 1.82) is 0 Å². The van der Waals surface area contributed by atoms with Crippen molar-refractivity contribution in [2.45, 2.75) is 5.79 Å². The number of nitrogens with two attached hydrogens (primary N) is 1. The molecular formula is C10H19KN4O2S2. The second-order valence-corrected chi connectivity index (χ2v) is 6.75. The maximum atomic E-state index is 11.7. The van der Waals surface area contributed by atoms with E-state index >= 15 is 0 Å². The Balaban J connectivity index is 0.00000180. The molecule has 2 heterocycles. The molecule has 0 aromatic heterocycles. The van der Waals surface area contributed by atoms with Crippen LogP contribution in [0.1, 0.15) is 0 Å². The van der Waals surface area contributed by atoms with Gasteiger partial charge < -0.3 is 9.90 Å². The number of carbonyl (C=O) groups is 1. The van der Waals surface area contributed by atoms with E-state index in [2.05, 4.69) is 5.43 Å². The summed E-state index contributed by atoms with van der Waals surface area (Å²) >= 11 is 3.67. The minimum absolute atomic E-state index is 0. The van der Waals surface area contributed by atoms with Crippen LogP contribution in [-0.4, -0.2) is 70.7 Å².